The Morgan fingerprint density at radius 2 is 2.00 bits per heavy atom. The number of hydrogen-bond acceptors (Lipinski definition) is 5. The minimum Gasteiger partial charge on any atom is -0.379 e. The summed E-state index contributed by atoms with van der Waals surface area (Å²) < 4.78 is 46.3. The van der Waals surface area contributed by atoms with Gasteiger partial charge < -0.3 is 10.1 Å². The molecule has 1 aliphatic rings. The molecule has 1 fully saturated rings. The summed E-state index contributed by atoms with van der Waals surface area (Å²) in [5, 5.41) is 2.67. The molecule has 10 heteroatoms. The number of amides is 1. The predicted molar refractivity (Wildman–Crippen MR) is 96.5 cm³/mol. The van der Waals surface area contributed by atoms with Gasteiger partial charge in [0.2, 0.25) is 10.0 Å². The van der Waals surface area contributed by atoms with Gasteiger partial charge in [0.1, 0.15) is 10.7 Å². The molecule has 6 nitrogen and oxygen atoms in total. The first-order chi connectivity index (χ1) is 12.4. The van der Waals surface area contributed by atoms with Crippen molar-refractivity contribution in [3.63, 3.8) is 0 Å². The fourth-order valence-electron chi connectivity index (χ4n) is 2.48. The quantitative estimate of drug-likeness (QED) is 0.809. The Morgan fingerprint density at radius 3 is 2.65 bits per heavy atom. The van der Waals surface area contributed by atoms with E-state index < -0.39 is 26.6 Å². The van der Waals surface area contributed by atoms with Gasteiger partial charge in [-0.25, -0.2) is 12.8 Å². The summed E-state index contributed by atoms with van der Waals surface area (Å²) in [5.41, 5.74) is 0.0703. The second kappa shape index (κ2) is 8.01. The monoisotopic (exact) mass is 418 g/mol. The zero-order chi connectivity index (χ0) is 18.7. The van der Waals surface area contributed by atoms with Crippen molar-refractivity contribution in [1.29, 1.82) is 0 Å². The van der Waals surface area contributed by atoms with Crippen LogP contribution in [-0.2, 0) is 21.3 Å². The third-order valence-corrected chi connectivity index (χ3v) is 6.98. The molecule has 2 aromatic rings. The Hall–Kier alpha value is -1.52. The van der Waals surface area contributed by atoms with Crippen molar-refractivity contribution in [2.24, 2.45) is 0 Å². The highest BCUT2D eigenvalue weighted by Gasteiger charge is 2.29. The molecule has 0 spiro atoms. The zero-order valence-electron chi connectivity index (χ0n) is 13.6. The number of carbonyl (C=O) groups excluding carboxylic acids is 1. The molecule has 1 aliphatic heterocycles. The lowest BCUT2D eigenvalue weighted by Gasteiger charge is -2.26. The van der Waals surface area contributed by atoms with Crippen molar-refractivity contribution in [1.82, 2.24) is 9.62 Å². The topological polar surface area (TPSA) is 75.7 Å². The van der Waals surface area contributed by atoms with Gasteiger partial charge in [0.05, 0.1) is 24.1 Å². The van der Waals surface area contributed by atoms with Crippen LogP contribution in [0.5, 0.6) is 0 Å². The number of thiophene rings is 1. The van der Waals surface area contributed by atoms with E-state index in [1.807, 2.05) is 0 Å². The molecule has 1 aromatic heterocycles. The van der Waals surface area contributed by atoms with Crippen LogP contribution in [-0.4, -0.2) is 44.9 Å². The summed E-state index contributed by atoms with van der Waals surface area (Å²) in [6, 6.07) is 6.82. The van der Waals surface area contributed by atoms with Crippen LogP contribution in [0.25, 0.3) is 0 Å². The fraction of sp³-hybridized carbons (Fsp3) is 0.312. The number of morpholine rings is 1. The highest BCUT2D eigenvalue weighted by Crippen LogP contribution is 2.23. The zero-order valence-corrected chi connectivity index (χ0v) is 16.0. The van der Waals surface area contributed by atoms with Gasteiger partial charge >= 0.3 is 0 Å². The summed E-state index contributed by atoms with van der Waals surface area (Å²) in [5.74, 6) is -1.38. The first kappa shape index (κ1) is 19.2. The van der Waals surface area contributed by atoms with Gasteiger partial charge in [-0.05, 0) is 30.3 Å². The standard InChI is InChI=1S/C16H16ClFN2O4S2/c17-15-4-2-12(25-15)10-19-16(21)11-1-3-13(18)14(9-11)26(22,23)20-5-7-24-8-6-20/h1-4,9H,5-8,10H2,(H,19,21). The summed E-state index contributed by atoms with van der Waals surface area (Å²) in [4.78, 5) is 12.6. The predicted octanol–water partition coefficient (Wildman–Crippen LogP) is 2.49. The molecule has 140 valence electrons. The highest BCUT2D eigenvalue weighted by atomic mass is 35.5. The normalized spacial score (nSPS) is 15.8. The van der Waals surface area contributed by atoms with E-state index in [1.165, 1.54) is 17.4 Å². The molecule has 0 aliphatic carbocycles. The molecule has 1 saturated heterocycles. The molecular formula is C16H16ClFN2O4S2. The van der Waals surface area contributed by atoms with Crippen molar-refractivity contribution in [3.05, 3.63) is 50.9 Å². The Morgan fingerprint density at radius 1 is 1.27 bits per heavy atom. The maximum absolute atomic E-state index is 14.2. The van der Waals surface area contributed by atoms with Crippen molar-refractivity contribution < 1.29 is 22.3 Å². The van der Waals surface area contributed by atoms with Gasteiger partial charge in [-0.2, -0.15) is 4.31 Å². The van der Waals surface area contributed by atoms with Crippen LogP contribution in [0.15, 0.2) is 35.2 Å². The molecule has 0 saturated carbocycles. The molecule has 0 unspecified atom stereocenters. The van der Waals surface area contributed by atoms with Gasteiger partial charge in [0.25, 0.3) is 5.91 Å². The van der Waals surface area contributed by atoms with E-state index in [9.17, 15) is 17.6 Å². The molecule has 26 heavy (non-hydrogen) atoms. The van der Waals surface area contributed by atoms with E-state index in [1.54, 1.807) is 12.1 Å². The fourth-order valence-corrected chi connectivity index (χ4v) is 5.01. The lowest BCUT2D eigenvalue weighted by atomic mass is 10.2. The van der Waals surface area contributed by atoms with E-state index in [0.717, 1.165) is 21.3 Å². The van der Waals surface area contributed by atoms with Crippen LogP contribution in [0.2, 0.25) is 4.34 Å². The summed E-state index contributed by atoms with van der Waals surface area (Å²) in [7, 11) is -4.03. The lowest BCUT2D eigenvalue weighted by Crippen LogP contribution is -2.41. The summed E-state index contributed by atoms with van der Waals surface area (Å²) >= 11 is 7.17. The minimum absolute atomic E-state index is 0.0703. The Balaban J connectivity index is 1.79. The van der Waals surface area contributed by atoms with E-state index >= 15 is 0 Å². The maximum atomic E-state index is 14.2. The van der Waals surface area contributed by atoms with Crippen LogP contribution >= 0.6 is 22.9 Å². The number of ether oxygens (including phenoxy) is 1. The number of carbonyl (C=O) groups is 1. The summed E-state index contributed by atoms with van der Waals surface area (Å²) in [6.45, 7) is 1.06. The second-order valence-corrected chi connectivity index (χ2v) is 9.26. The van der Waals surface area contributed by atoms with Gasteiger partial charge in [-0.1, -0.05) is 11.6 Å². The number of nitrogens with zero attached hydrogens (tertiary/aromatic N) is 1. The van der Waals surface area contributed by atoms with Crippen molar-refractivity contribution in [3.8, 4) is 0 Å². The molecule has 3 rings (SSSR count). The smallest absolute Gasteiger partial charge is 0.251 e. The third-order valence-electron chi connectivity index (χ3n) is 3.83. The Labute approximate surface area is 159 Å². The number of benzene rings is 1. The number of nitrogens with one attached hydrogen (secondary N) is 1. The van der Waals surface area contributed by atoms with Crippen LogP contribution in [0.4, 0.5) is 4.39 Å². The molecule has 1 N–H and O–H groups in total. The van der Waals surface area contributed by atoms with Gasteiger partial charge in [-0.15, -0.1) is 11.3 Å². The van der Waals surface area contributed by atoms with Gasteiger partial charge in [0.15, 0.2) is 0 Å². The van der Waals surface area contributed by atoms with E-state index in [0.29, 0.717) is 4.34 Å². The summed E-state index contributed by atoms with van der Waals surface area (Å²) in [6.07, 6.45) is 0. The Bertz CT molecular complexity index is 911. The molecule has 2 heterocycles. The van der Waals surface area contributed by atoms with Gasteiger partial charge in [-0.3, -0.25) is 4.79 Å². The number of sulfonamides is 1. The number of rotatable bonds is 5. The van der Waals surface area contributed by atoms with Crippen LogP contribution in [0, 0.1) is 5.82 Å². The largest absolute Gasteiger partial charge is 0.379 e. The van der Waals surface area contributed by atoms with Crippen LogP contribution < -0.4 is 5.32 Å². The van der Waals surface area contributed by atoms with Crippen LogP contribution in [0.1, 0.15) is 15.2 Å². The van der Waals surface area contributed by atoms with E-state index in [2.05, 4.69) is 5.32 Å². The second-order valence-electron chi connectivity index (χ2n) is 5.55. The van der Waals surface area contributed by atoms with Gasteiger partial charge in [0, 0.05) is 23.5 Å². The molecule has 1 aromatic carbocycles. The molecule has 1 amide bonds. The molecule has 0 radical (unpaired) electrons. The maximum Gasteiger partial charge on any atom is 0.251 e. The van der Waals surface area contributed by atoms with Crippen molar-refractivity contribution in [2.75, 3.05) is 26.3 Å². The average molecular weight is 419 g/mol. The molecule has 0 bridgehead atoms. The Kier molecular flexibility index (Phi) is 5.93. The lowest BCUT2D eigenvalue weighted by molar-refractivity contribution is 0.0729. The average Bonchev–Trinajstić information content (AvgIpc) is 3.06. The first-order valence-corrected chi connectivity index (χ1v) is 10.4. The molecular weight excluding hydrogens is 403 g/mol. The van der Waals surface area contributed by atoms with Crippen LogP contribution in [0.3, 0.4) is 0 Å². The van der Waals surface area contributed by atoms with E-state index in [4.69, 9.17) is 16.3 Å². The highest BCUT2D eigenvalue weighted by molar-refractivity contribution is 7.89. The number of hydrogen-bond donors (Lipinski definition) is 1. The van der Waals surface area contributed by atoms with Crippen molar-refractivity contribution in [2.45, 2.75) is 11.4 Å². The van der Waals surface area contributed by atoms with Crippen molar-refractivity contribution >= 4 is 38.9 Å². The first-order valence-electron chi connectivity index (χ1n) is 7.78. The number of halogens is 2. The van der Waals surface area contributed by atoms with E-state index in [-0.39, 0.29) is 38.4 Å². The molecule has 0 atom stereocenters. The SMILES string of the molecule is O=C(NCc1ccc(Cl)s1)c1ccc(F)c(S(=O)(=O)N2CCOCC2)c1. The third kappa shape index (κ3) is 4.24. The minimum atomic E-state index is -4.03.